The Balaban J connectivity index is 1.60. The van der Waals surface area contributed by atoms with Gasteiger partial charge in [-0.15, -0.1) is 11.3 Å². The monoisotopic (exact) mass is 369 g/mol. The van der Waals surface area contributed by atoms with Gasteiger partial charge in [-0.05, 0) is 43.3 Å². The number of amides is 1. The Bertz CT molecular complexity index is 878. The van der Waals surface area contributed by atoms with Crippen LogP contribution in [0.2, 0.25) is 0 Å². The molecule has 0 bridgehead atoms. The molecule has 134 valence electrons. The molecular weight excluding hydrogens is 349 g/mol. The molecule has 6 heteroatoms. The first-order valence-corrected chi connectivity index (χ1v) is 9.14. The maximum absolute atomic E-state index is 13.1. The number of thiazole rings is 1. The van der Waals surface area contributed by atoms with Gasteiger partial charge in [-0.25, -0.2) is 9.37 Å². The summed E-state index contributed by atoms with van der Waals surface area (Å²) in [5.41, 5.74) is 2.60. The van der Waals surface area contributed by atoms with Crippen LogP contribution in [-0.4, -0.2) is 31.0 Å². The molecule has 4 nitrogen and oxygen atoms in total. The number of para-hydroxylation sites is 1. The Morgan fingerprint density at radius 1 is 1.15 bits per heavy atom. The highest BCUT2D eigenvalue weighted by atomic mass is 32.1. The summed E-state index contributed by atoms with van der Waals surface area (Å²) in [5, 5.41) is 3.66. The molecule has 0 unspecified atom stereocenters. The lowest BCUT2D eigenvalue weighted by atomic mass is 10.2. The maximum Gasteiger partial charge on any atom is 0.263 e. The Kier molecular flexibility index (Phi) is 5.63. The van der Waals surface area contributed by atoms with E-state index in [0.717, 1.165) is 11.3 Å². The van der Waals surface area contributed by atoms with Crippen LogP contribution in [0.5, 0.6) is 0 Å². The van der Waals surface area contributed by atoms with Gasteiger partial charge in [0.15, 0.2) is 0 Å². The second-order valence-electron chi connectivity index (χ2n) is 5.95. The van der Waals surface area contributed by atoms with Gasteiger partial charge < -0.3 is 10.2 Å². The van der Waals surface area contributed by atoms with E-state index >= 15 is 0 Å². The van der Waals surface area contributed by atoms with E-state index in [1.165, 1.54) is 23.5 Å². The zero-order valence-corrected chi connectivity index (χ0v) is 15.5. The van der Waals surface area contributed by atoms with Gasteiger partial charge in [-0.2, -0.15) is 0 Å². The largest absolute Gasteiger partial charge is 0.373 e. The number of rotatable bonds is 6. The molecule has 0 aliphatic carbocycles. The van der Waals surface area contributed by atoms with Gasteiger partial charge in [0.2, 0.25) is 0 Å². The predicted octanol–water partition coefficient (Wildman–Crippen LogP) is 4.12. The summed E-state index contributed by atoms with van der Waals surface area (Å²) in [7, 11) is 1.99. The molecule has 1 heterocycles. The molecule has 1 N–H and O–H groups in total. The van der Waals surface area contributed by atoms with E-state index < -0.39 is 0 Å². The van der Waals surface area contributed by atoms with Crippen LogP contribution >= 0.6 is 11.3 Å². The van der Waals surface area contributed by atoms with Gasteiger partial charge in [0.05, 0.1) is 5.69 Å². The van der Waals surface area contributed by atoms with Crippen molar-refractivity contribution in [3.8, 4) is 10.6 Å². The van der Waals surface area contributed by atoms with Crippen molar-refractivity contribution in [3.05, 3.63) is 71.0 Å². The van der Waals surface area contributed by atoms with Crippen molar-refractivity contribution < 1.29 is 9.18 Å². The SMILES string of the molecule is Cc1nc(-c2ccc(F)cc2)sc1C(=O)NCCN(C)c1ccccc1. The minimum Gasteiger partial charge on any atom is -0.373 e. The summed E-state index contributed by atoms with van der Waals surface area (Å²) >= 11 is 1.32. The average Bonchev–Trinajstić information content (AvgIpc) is 3.04. The first kappa shape index (κ1) is 18.1. The standard InChI is InChI=1S/C20H20FN3OS/c1-14-18(26-20(23-14)15-8-10-16(21)11-9-15)19(25)22-12-13-24(2)17-6-4-3-5-7-17/h3-11H,12-13H2,1-2H3,(H,22,25). The number of likely N-dealkylation sites (N-methyl/N-ethyl adjacent to an activating group) is 1. The minimum absolute atomic E-state index is 0.130. The number of hydrogen-bond acceptors (Lipinski definition) is 4. The maximum atomic E-state index is 13.1. The third kappa shape index (κ3) is 4.26. The van der Waals surface area contributed by atoms with Crippen LogP contribution < -0.4 is 10.2 Å². The molecule has 0 radical (unpaired) electrons. The highest BCUT2D eigenvalue weighted by Crippen LogP contribution is 2.28. The number of carbonyl (C=O) groups excluding carboxylic acids is 1. The van der Waals surface area contributed by atoms with Crippen molar-refractivity contribution in [2.45, 2.75) is 6.92 Å². The fourth-order valence-electron chi connectivity index (χ4n) is 2.55. The molecule has 0 saturated heterocycles. The highest BCUT2D eigenvalue weighted by Gasteiger charge is 2.16. The summed E-state index contributed by atoms with van der Waals surface area (Å²) in [4.78, 5) is 19.6. The van der Waals surface area contributed by atoms with Crippen LogP contribution in [0.4, 0.5) is 10.1 Å². The second-order valence-corrected chi connectivity index (χ2v) is 6.95. The molecule has 0 fully saturated rings. The lowest BCUT2D eigenvalue weighted by Gasteiger charge is -2.19. The van der Waals surface area contributed by atoms with Crippen LogP contribution in [-0.2, 0) is 0 Å². The minimum atomic E-state index is -0.289. The number of hydrogen-bond donors (Lipinski definition) is 1. The van der Waals surface area contributed by atoms with Gasteiger partial charge in [-0.3, -0.25) is 4.79 Å². The van der Waals surface area contributed by atoms with E-state index in [0.29, 0.717) is 28.7 Å². The van der Waals surface area contributed by atoms with E-state index in [2.05, 4.69) is 15.2 Å². The van der Waals surface area contributed by atoms with Crippen molar-refractivity contribution in [1.29, 1.82) is 0 Å². The summed E-state index contributed by atoms with van der Waals surface area (Å²) in [5.74, 6) is -0.419. The van der Waals surface area contributed by atoms with E-state index in [-0.39, 0.29) is 11.7 Å². The van der Waals surface area contributed by atoms with Crippen molar-refractivity contribution >= 4 is 22.9 Å². The van der Waals surface area contributed by atoms with Crippen molar-refractivity contribution in [2.24, 2.45) is 0 Å². The Morgan fingerprint density at radius 2 is 1.85 bits per heavy atom. The topological polar surface area (TPSA) is 45.2 Å². The first-order valence-electron chi connectivity index (χ1n) is 8.32. The third-order valence-corrected chi connectivity index (χ3v) is 5.23. The number of nitrogens with one attached hydrogen (secondary N) is 1. The van der Waals surface area contributed by atoms with Crippen LogP contribution in [0.25, 0.3) is 10.6 Å². The van der Waals surface area contributed by atoms with Gasteiger partial charge in [-0.1, -0.05) is 18.2 Å². The molecule has 0 aliphatic rings. The number of carbonyl (C=O) groups is 1. The molecule has 3 rings (SSSR count). The fourth-order valence-corrected chi connectivity index (χ4v) is 3.54. The normalized spacial score (nSPS) is 10.6. The quantitative estimate of drug-likeness (QED) is 0.711. The number of halogens is 1. The van der Waals surface area contributed by atoms with E-state index in [1.54, 1.807) is 12.1 Å². The van der Waals surface area contributed by atoms with E-state index in [1.807, 2.05) is 44.3 Å². The van der Waals surface area contributed by atoms with Gasteiger partial charge in [0.25, 0.3) is 5.91 Å². The Hall–Kier alpha value is -2.73. The lowest BCUT2D eigenvalue weighted by molar-refractivity contribution is 0.0958. The number of aromatic nitrogens is 1. The number of nitrogens with zero attached hydrogens (tertiary/aromatic N) is 2. The molecule has 1 amide bonds. The molecule has 26 heavy (non-hydrogen) atoms. The van der Waals surface area contributed by atoms with Crippen molar-refractivity contribution in [3.63, 3.8) is 0 Å². The second kappa shape index (κ2) is 8.10. The molecule has 1 aromatic heterocycles. The molecule has 0 aliphatic heterocycles. The fraction of sp³-hybridized carbons (Fsp3) is 0.200. The smallest absolute Gasteiger partial charge is 0.263 e. The molecule has 3 aromatic rings. The molecule has 0 saturated carbocycles. The summed E-state index contributed by atoms with van der Waals surface area (Å²) in [6.45, 7) is 3.06. The summed E-state index contributed by atoms with van der Waals surface area (Å²) < 4.78 is 13.1. The molecule has 0 atom stereocenters. The average molecular weight is 369 g/mol. The summed E-state index contributed by atoms with van der Waals surface area (Å²) in [6, 6.07) is 16.1. The molecule has 2 aromatic carbocycles. The number of aryl methyl sites for hydroxylation is 1. The van der Waals surface area contributed by atoms with Crippen molar-refractivity contribution in [1.82, 2.24) is 10.3 Å². The number of anilines is 1. The molecular formula is C20H20FN3OS. The van der Waals surface area contributed by atoms with Crippen LogP contribution in [0, 0.1) is 12.7 Å². The lowest BCUT2D eigenvalue weighted by Crippen LogP contribution is -2.32. The Labute approximate surface area is 156 Å². The Morgan fingerprint density at radius 3 is 2.54 bits per heavy atom. The number of benzene rings is 2. The predicted molar refractivity (Wildman–Crippen MR) is 104 cm³/mol. The van der Waals surface area contributed by atoms with Gasteiger partial charge >= 0.3 is 0 Å². The van der Waals surface area contributed by atoms with E-state index in [4.69, 9.17) is 0 Å². The van der Waals surface area contributed by atoms with Gasteiger partial charge in [0, 0.05) is 31.4 Å². The van der Waals surface area contributed by atoms with E-state index in [9.17, 15) is 9.18 Å². The van der Waals surface area contributed by atoms with Gasteiger partial charge in [0.1, 0.15) is 15.7 Å². The first-order chi connectivity index (χ1) is 12.5. The highest BCUT2D eigenvalue weighted by molar-refractivity contribution is 7.17. The molecule has 0 spiro atoms. The zero-order chi connectivity index (χ0) is 18.5. The van der Waals surface area contributed by atoms with Crippen LogP contribution in [0.1, 0.15) is 15.4 Å². The summed E-state index contributed by atoms with van der Waals surface area (Å²) in [6.07, 6.45) is 0. The third-order valence-electron chi connectivity index (χ3n) is 4.02. The zero-order valence-electron chi connectivity index (χ0n) is 14.7. The van der Waals surface area contributed by atoms with Crippen molar-refractivity contribution in [2.75, 3.05) is 25.0 Å². The van der Waals surface area contributed by atoms with Crippen LogP contribution in [0.3, 0.4) is 0 Å². The van der Waals surface area contributed by atoms with Crippen LogP contribution in [0.15, 0.2) is 54.6 Å².